The monoisotopic (exact) mass is 559 g/mol. The number of carbonyl (C=O) groups is 2. The molecule has 0 aliphatic rings. The molecule has 1 aromatic heterocycles. The second kappa shape index (κ2) is 14.0. The van der Waals surface area contributed by atoms with Crippen LogP contribution in [0.15, 0.2) is 52.7 Å². The minimum absolute atomic E-state index is 0.00210. The van der Waals surface area contributed by atoms with Crippen molar-refractivity contribution in [2.75, 3.05) is 31.3 Å². The van der Waals surface area contributed by atoms with Gasteiger partial charge in [-0.1, -0.05) is 12.1 Å². The molecule has 206 valence electrons. The van der Waals surface area contributed by atoms with Crippen molar-refractivity contribution in [2.45, 2.75) is 33.7 Å². The zero-order valence-electron chi connectivity index (χ0n) is 22.7. The first kappa shape index (κ1) is 30.0. The summed E-state index contributed by atoms with van der Waals surface area (Å²) in [5.41, 5.74) is 3.42. The van der Waals surface area contributed by atoms with Gasteiger partial charge >= 0.3 is 11.9 Å². The lowest BCUT2D eigenvalue weighted by Crippen LogP contribution is -2.34. The Morgan fingerprint density at radius 2 is 1.85 bits per heavy atom. The Hall–Kier alpha value is -4.58. The SMILES string of the molecule is [C-]#[N+]c1c(N=Nc2ccc(N(CCOCCOC(=O)c3ccccc3C(=O)O)C(C)C)cc2C)sc(C#N)c1C. The van der Waals surface area contributed by atoms with Gasteiger partial charge in [0.1, 0.15) is 17.7 Å². The molecular formula is C29H29N5O5S. The summed E-state index contributed by atoms with van der Waals surface area (Å²) in [5, 5.41) is 27.5. The van der Waals surface area contributed by atoms with Gasteiger partial charge in [0.25, 0.3) is 0 Å². The zero-order chi connectivity index (χ0) is 29.2. The number of hydrogen-bond donors (Lipinski definition) is 1. The van der Waals surface area contributed by atoms with E-state index < -0.39 is 11.9 Å². The van der Waals surface area contributed by atoms with E-state index >= 15 is 0 Å². The summed E-state index contributed by atoms with van der Waals surface area (Å²) >= 11 is 1.16. The van der Waals surface area contributed by atoms with Gasteiger partial charge in [0, 0.05) is 18.3 Å². The zero-order valence-corrected chi connectivity index (χ0v) is 23.5. The molecule has 0 unspecified atom stereocenters. The summed E-state index contributed by atoms with van der Waals surface area (Å²) in [6.07, 6.45) is 0. The number of azo groups is 1. The fraction of sp³-hybridized carbons (Fsp3) is 0.310. The highest BCUT2D eigenvalue weighted by Gasteiger charge is 2.18. The lowest BCUT2D eigenvalue weighted by Gasteiger charge is -2.29. The number of aromatic carboxylic acids is 1. The Morgan fingerprint density at radius 3 is 2.48 bits per heavy atom. The molecule has 0 fully saturated rings. The summed E-state index contributed by atoms with van der Waals surface area (Å²) < 4.78 is 10.8. The first-order valence-electron chi connectivity index (χ1n) is 12.4. The van der Waals surface area contributed by atoms with Crippen molar-refractivity contribution in [1.82, 2.24) is 0 Å². The summed E-state index contributed by atoms with van der Waals surface area (Å²) in [6, 6.07) is 14.0. The number of benzene rings is 2. The van der Waals surface area contributed by atoms with Crippen LogP contribution in [0.2, 0.25) is 0 Å². The number of carboxylic acids is 1. The third-order valence-electron chi connectivity index (χ3n) is 6.01. The predicted molar refractivity (Wildman–Crippen MR) is 152 cm³/mol. The number of nitriles is 1. The number of hydrogen-bond acceptors (Lipinski definition) is 9. The van der Waals surface area contributed by atoms with Crippen LogP contribution in [-0.4, -0.2) is 49.5 Å². The molecule has 10 nitrogen and oxygen atoms in total. The Balaban J connectivity index is 1.56. The number of aryl methyl sites for hydroxylation is 1. The van der Waals surface area contributed by atoms with Gasteiger partial charge in [-0.2, -0.15) is 15.5 Å². The van der Waals surface area contributed by atoms with E-state index in [1.165, 1.54) is 12.1 Å². The summed E-state index contributed by atoms with van der Waals surface area (Å²) in [6.45, 7) is 16.4. The van der Waals surface area contributed by atoms with Crippen LogP contribution < -0.4 is 4.90 Å². The van der Waals surface area contributed by atoms with Crippen LogP contribution >= 0.6 is 11.3 Å². The first-order chi connectivity index (χ1) is 19.2. The van der Waals surface area contributed by atoms with Gasteiger partial charge in [-0.15, -0.1) is 11.3 Å². The Morgan fingerprint density at radius 1 is 1.12 bits per heavy atom. The highest BCUT2D eigenvalue weighted by Crippen LogP contribution is 2.42. The van der Waals surface area contributed by atoms with Crippen LogP contribution in [0.4, 0.5) is 22.1 Å². The van der Waals surface area contributed by atoms with E-state index in [9.17, 15) is 20.0 Å². The number of anilines is 1. The fourth-order valence-electron chi connectivity index (χ4n) is 3.89. The van der Waals surface area contributed by atoms with Crippen molar-refractivity contribution in [2.24, 2.45) is 10.2 Å². The molecular weight excluding hydrogens is 530 g/mol. The van der Waals surface area contributed by atoms with Crippen molar-refractivity contribution in [3.05, 3.63) is 81.0 Å². The van der Waals surface area contributed by atoms with E-state index in [4.69, 9.17) is 16.0 Å². The maximum atomic E-state index is 12.2. The molecule has 40 heavy (non-hydrogen) atoms. The Kier molecular flexibility index (Phi) is 10.5. The summed E-state index contributed by atoms with van der Waals surface area (Å²) in [5.74, 6) is -1.90. The number of carboxylic acid groups (broad SMARTS) is 1. The molecule has 0 bridgehead atoms. The van der Waals surface area contributed by atoms with Crippen molar-refractivity contribution in [3.63, 3.8) is 0 Å². The Bertz CT molecular complexity index is 1500. The summed E-state index contributed by atoms with van der Waals surface area (Å²) in [7, 11) is 0. The largest absolute Gasteiger partial charge is 0.478 e. The molecule has 2 aromatic carbocycles. The van der Waals surface area contributed by atoms with Gasteiger partial charge < -0.3 is 19.5 Å². The molecule has 11 heteroatoms. The molecule has 0 spiro atoms. The topological polar surface area (TPSA) is 129 Å². The number of esters is 1. The van der Waals surface area contributed by atoms with E-state index in [1.807, 2.05) is 25.1 Å². The number of carbonyl (C=O) groups excluding carboxylic acids is 1. The average Bonchev–Trinajstić information content (AvgIpc) is 3.25. The molecule has 1 N–H and O–H groups in total. The van der Waals surface area contributed by atoms with Gasteiger partial charge in [0.2, 0.25) is 5.69 Å². The highest BCUT2D eigenvalue weighted by atomic mass is 32.1. The second-order valence-corrected chi connectivity index (χ2v) is 9.99. The minimum Gasteiger partial charge on any atom is -0.478 e. The molecule has 0 amide bonds. The second-order valence-electron chi connectivity index (χ2n) is 8.99. The highest BCUT2D eigenvalue weighted by molar-refractivity contribution is 7.17. The molecule has 1 heterocycles. The number of rotatable bonds is 12. The molecule has 0 aliphatic carbocycles. The van der Waals surface area contributed by atoms with Crippen LogP contribution in [0.25, 0.3) is 4.85 Å². The van der Waals surface area contributed by atoms with Crippen molar-refractivity contribution >= 4 is 45.3 Å². The molecule has 0 radical (unpaired) electrons. The third-order valence-corrected chi connectivity index (χ3v) is 7.08. The van der Waals surface area contributed by atoms with Crippen LogP contribution in [0.1, 0.15) is 50.6 Å². The normalized spacial score (nSPS) is 10.9. The molecule has 3 rings (SSSR count). The first-order valence-corrected chi connectivity index (χ1v) is 13.3. The van der Waals surface area contributed by atoms with Gasteiger partial charge in [-0.05, 0) is 69.2 Å². The van der Waals surface area contributed by atoms with Gasteiger partial charge in [0.15, 0.2) is 0 Å². The minimum atomic E-state index is -1.19. The van der Waals surface area contributed by atoms with Crippen LogP contribution in [0, 0.1) is 31.8 Å². The van der Waals surface area contributed by atoms with Gasteiger partial charge in [-0.25, -0.2) is 14.4 Å². The number of ether oxygens (including phenoxy) is 2. The van der Waals surface area contributed by atoms with Crippen molar-refractivity contribution in [1.29, 1.82) is 5.26 Å². The lowest BCUT2D eigenvalue weighted by molar-refractivity contribution is 0.0321. The Labute approximate surface area is 236 Å². The molecule has 0 aliphatic heterocycles. The summed E-state index contributed by atoms with van der Waals surface area (Å²) in [4.78, 5) is 29.7. The van der Waals surface area contributed by atoms with Crippen LogP contribution in [0.3, 0.4) is 0 Å². The van der Waals surface area contributed by atoms with E-state index in [0.29, 0.717) is 40.0 Å². The third kappa shape index (κ3) is 7.29. The fourth-order valence-corrected chi connectivity index (χ4v) is 4.76. The maximum absolute atomic E-state index is 12.2. The van der Waals surface area contributed by atoms with E-state index in [2.05, 4.69) is 39.9 Å². The van der Waals surface area contributed by atoms with Crippen LogP contribution in [-0.2, 0) is 9.47 Å². The smallest absolute Gasteiger partial charge is 0.339 e. The lowest BCUT2D eigenvalue weighted by atomic mass is 10.1. The number of thiophene rings is 1. The molecule has 3 aromatic rings. The molecule has 0 saturated carbocycles. The molecule has 0 atom stereocenters. The van der Waals surface area contributed by atoms with Gasteiger partial charge in [-0.3, -0.25) is 0 Å². The maximum Gasteiger partial charge on any atom is 0.339 e. The number of nitrogens with zero attached hydrogens (tertiary/aromatic N) is 5. The standard InChI is InChI=1S/C29H29N5O5S/c1-18(2)34(12-13-38-14-15-39-29(37)23-9-7-6-8-22(23)28(35)36)21-10-11-24(19(3)16-21)32-33-27-26(31-5)20(4)25(17-30)40-27/h6-11,16,18H,12-15H2,1-4H3,(H,35,36). The van der Waals surface area contributed by atoms with Crippen molar-refractivity contribution < 1.29 is 24.2 Å². The molecule has 0 saturated heterocycles. The van der Waals surface area contributed by atoms with Crippen LogP contribution in [0.5, 0.6) is 0 Å². The van der Waals surface area contributed by atoms with E-state index in [-0.39, 0.29) is 30.4 Å². The van der Waals surface area contributed by atoms with Gasteiger partial charge in [0.05, 0.1) is 41.5 Å². The van der Waals surface area contributed by atoms with E-state index in [0.717, 1.165) is 22.6 Å². The predicted octanol–water partition coefficient (Wildman–Crippen LogP) is 6.99. The quantitative estimate of drug-likeness (QED) is 0.110. The van der Waals surface area contributed by atoms with E-state index in [1.54, 1.807) is 19.1 Å². The average molecular weight is 560 g/mol. The van der Waals surface area contributed by atoms with Crippen molar-refractivity contribution in [3.8, 4) is 6.07 Å².